The summed E-state index contributed by atoms with van der Waals surface area (Å²) in [7, 11) is 0. The Kier molecular flexibility index (Phi) is 5.41. The molecule has 1 saturated heterocycles. The minimum atomic E-state index is -0.577. The van der Waals surface area contributed by atoms with Gasteiger partial charge in [-0.15, -0.1) is 0 Å². The summed E-state index contributed by atoms with van der Waals surface area (Å²) >= 11 is 0. The van der Waals surface area contributed by atoms with E-state index in [1.54, 1.807) is 4.90 Å². The van der Waals surface area contributed by atoms with Crippen LogP contribution in [0.3, 0.4) is 0 Å². The summed E-state index contributed by atoms with van der Waals surface area (Å²) in [6.07, 6.45) is 8.92. The number of rotatable bonds is 6. The van der Waals surface area contributed by atoms with Gasteiger partial charge < -0.3 is 15.5 Å². The second-order valence-corrected chi connectivity index (χ2v) is 10.2. The zero-order valence-electron chi connectivity index (χ0n) is 17.3. The van der Waals surface area contributed by atoms with Crippen LogP contribution in [-0.4, -0.2) is 48.3 Å². The predicted molar refractivity (Wildman–Crippen MR) is 106 cm³/mol. The van der Waals surface area contributed by atoms with Crippen molar-refractivity contribution in [2.75, 3.05) is 19.6 Å². The summed E-state index contributed by atoms with van der Waals surface area (Å²) in [4.78, 5) is 40.1. The summed E-state index contributed by atoms with van der Waals surface area (Å²) < 4.78 is 0. The third-order valence-electron chi connectivity index (χ3n) is 7.63. The van der Waals surface area contributed by atoms with Crippen LogP contribution in [0, 0.1) is 29.1 Å². The van der Waals surface area contributed by atoms with Crippen molar-refractivity contribution in [1.29, 1.82) is 0 Å². The number of carbonyl (C=O) groups is 3. The molecule has 6 heteroatoms. The van der Waals surface area contributed by atoms with Crippen molar-refractivity contribution in [3.05, 3.63) is 0 Å². The van der Waals surface area contributed by atoms with Gasteiger partial charge in [0.2, 0.25) is 17.7 Å². The molecule has 0 spiro atoms. The van der Waals surface area contributed by atoms with E-state index in [1.165, 1.54) is 19.3 Å². The van der Waals surface area contributed by atoms with Crippen LogP contribution in [0.4, 0.5) is 0 Å². The van der Waals surface area contributed by atoms with Gasteiger partial charge >= 0.3 is 0 Å². The molecule has 28 heavy (non-hydrogen) atoms. The Morgan fingerprint density at radius 1 is 0.964 bits per heavy atom. The highest BCUT2D eigenvalue weighted by atomic mass is 16.2. The molecular weight excluding hydrogens is 354 g/mol. The van der Waals surface area contributed by atoms with Gasteiger partial charge in [-0.05, 0) is 75.0 Å². The van der Waals surface area contributed by atoms with Crippen LogP contribution in [0.15, 0.2) is 0 Å². The standard InChI is InChI=1S/C22H35N3O3/c1-14(2)19(20(27)23-13-18(26)25-5-3-4-6-25)24-21(28)22-10-15-7-16(11-22)9-17(8-15)12-22/h14-17,19H,3-13H2,1-2H3,(H,23,27)(H,24,28). The number of amides is 3. The van der Waals surface area contributed by atoms with E-state index in [1.807, 2.05) is 13.8 Å². The molecule has 4 aliphatic carbocycles. The van der Waals surface area contributed by atoms with Crippen molar-refractivity contribution < 1.29 is 14.4 Å². The van der Waals surface area contributed by atoms with E-state index in [0.29, 0.717) is 17.8 Å². The highest BCUT2D eigenvalue weighted by Crippen LogP contribution is 2.60. The molecule has 1 atom stereocenters. The van der Waals surface area contributed by atoms with Gasteiger partial charge in [0, 0.05) is 18.5 Å². The average Bonchev–Trinajstić information content (AvgIpc) is 3.17. The van der Waals surface area contributed by atoms with E-state index in [-0.39, 0.29) is 35.6 Å². The van der Waals surface area contributed by atoms with E-state index < -0.39 is 6.04 Å². The Morgan fingerprint density at radius 2 is 1.50 bits per heavy atom. The number of nitrogens with zero attached hydrogens (tertiary/aromatic N) is 1. The monoisotopic (exact) mass is 389 g/mol. The Morgan fingerprint density at radius 3 is 2.00 bits per heavy atom. The molecule has 1 heterocycles. The molecule has 0 aromatic carbocycles. The first-order valence-electron chi connectivity index (χ1n) is 11.2. The number of hydrogen-bond acceptors (Lipinski definition) is 3. The van der Waals surface area contributed by atoms with E-state index in [4.69, 9.17) is 0 Å². The van der Waals surface area contributed by atoms with Crippen LogP contribution in [0.25, 0.3) is 0 Å². The fourth-order valence-corrected chi connectivity index (χ4v) is 6.57. The maximum Gasteiger partial charge on any atom is 0.243 e. The van der Waals surface area contributed by atoms with Gasteiger partial charge in [-0.3, -0.25) is 14.4 Å². The Bertz CT molecular complexity index is 604. The van der Waals surface area contributed by atoms with Crippen LogP contribution in [0.2, 0.25) is 0 Å². The lowest BCUT2D eigenvalue weighted by Gasteiger charge is -2.55. The maximum atomic E-state index is 13.3. The van der Waals surface area contributed by atoms with E-state index in [2.05, 4.69) is 10.6 Å². The Balaban J connectivity index is 1.36. The quantitative estimate of drug-likeness (QED) is 0.730. The summed E-state index contributed by atoms with van der Waals surface area (Å²) in [6, 6.07) is -0.577. The van der Waals surface area contributed by atoms with Gasteiger partial charge in [0.1, 0.15) is 6.04 Å². The third-order valence-corrected chi connectivity index (χ3v) is 7.63. The van der Waals surface area contributed by atoms with Gasteiger partial charge in [-0.25, -0.2) is 0 Å². The number of likely N-dealkylation sites (tertiary alicyclic amines) is 1. The van der Waals surface area contributed by atoms with Crippen molar-refractivity contribution >= 4 is 17.7 Å². The molecule has 5 fully saturated rings. The molecule has 5 rings (SSSR count). The molecular formula is C22H35N3O3. The maximum absolute atomic E-state index is 13.3. The molecule has 4 saturated carbocycles. The fraction of sp³-hybridized carbons (Fsp3) is 0.864. The largest absolute Gasteiger partial charge is 0.345 e. The first-order chi connectivity index (χ1) is 13.4. The lowest BCUT2D eigenvalue weighted by atomic mass is 9.49. The molecule has 1 aliphatic heterocycles. The van der Waals surface area contributed by atoms with Gasteiger partial charge in [0.25, 0.3) is 0 Å². The highest BCUT2D eigenvalue weighted by molar-refractivity contribution is 5.92. The minimum absolute atomic E-state index is 0.0141. The number of carbonyl (C=O) groups excluding carboxylic acids is 3. The van der Waals surface area contributed by atoms with Crippen molar-refractivity contribution in [3.8, 4) is 0 Å². The summed E-state index contributed by atoms with van der Waals surface area (Å²) in [5, 5.41) is 5.87. The van der Waals surface area contributed by atoms with Gasteiger partial charge in [0.05, 0.1) is 6.54 Å². The Labute approximate surface area is 168 Å². The van der Waals surface area contributed by atoms with E-state index in [0.717, 1.165) is 45.2 Å². The topological polar surface area (TPSA) is 78.5 Å². The van der Waals surface area contributed by atoms with E-state index in [9.17, 15) is 14.4 Å². The Hall–Kier alpha value is -1.59. The second kappa shape index (κ2) is 7.68. The van der Waals surface area contributed by atoms with E-state index >= 15 is 0 Å². The smallest absolute Gasteiger partial charge is 0.243 e. The second-order valence-electron chi connectivity index (χ2n) is 10.2. The van der Waals surface area contributed by atoms with Gasteiger partial charge in [-0.1, -0.05) is 13.8 Å². The number of nitrogens with one attached hydrogen (secondary N) is 2. The molecule has 0 radical (unpaired) electrons. The molecule has 6 nitrogen and oxygen atoms in total. The van der Waals surface area contributed by atoms with Crippen LogP contribution < -0.4 is 10.6 Å². The summed E-state index contributed by atoms with van der Waals surface area (Å²) in [5.74, 6) is 1.89. The van der Waals surface area contributed by atoms with Gasteiger partial charge in [-0.2, -0.15) is 0 Å². The molecule has 1 unspecified atom stereocenters. The van der Waals surface area contributed by atoms with Crippen LogP contribution in [0.1, 0.15) is 65.2 Å². The third kappa shape index (κ3) is 3.79. The van der Waals surface area contributed by atoms with Crippen molar-refractivity contribution in [3.63, 3.8) is 0 Å². The lowest BCUT2D eigenvalue weighted by molar-refractivity contribution is -0.149. The predicted octanol–water partition coefficient (Wildman–Crippen LogP) is 2.08. The lowest BCUT2D eigenvalue weighted by Crippen LogP contribution is -2.58. The normalized spacial score (nSPS) is 34.5. The zero-order valence-corrected chi connectivity index (χ0v) is 17.3. The van der Waals surface area contributed by atoms with Crippen molar-refractivity contribution in [2.24, 2.45) is 29.1 Å². The van der Waals surface area contributed by atoms with Crippen molar-refractivity contribution in [2.45, 2.75) is 71.3 Å². The average molecular weight is 390 g/mol. The van der Waals surface area contributed by atoms with Gasteiger partial charge in [0.15, 0.2) is 0 Å². The summed E-state index contributed by atoms with van der Waals surface area (Å²) in [6.45, 7) is 5.49. The minimum Gasteiger partial charge on any atom is -0.345 e. The van der Waals surface area contributed by atoms with Crippen LogP contribution >= 0.6 is 0 Å². The molecule has 156 valence electrons. The molecule has 0 aromatic heterocycles. The zero-order chi connectivity index (χ0) is 19.9. The van der Waals surface area contributed by atoms with Crippen molar-refractivity contribution in [1.82, 2.24) is 15.5 Å². The molecule has 4 bridgehead atoms. The SMILES string of the molecule is CC(C)C(NC(=O)C12CC3CC(CC(C3)C1)C2)C(=O)NCC(=O)N1CCCC1. The molecule has 0 aromatic rings. The van der Waals surface area contributed by atoms with Crippen LogP contribution in [0.5, 0.6) is 0 Å². The molecule has 5 aliphatic rings. The highest BCUT2D eigenvalue weighted by Gasteiger charge is 2.55. The molecule has 2 N–H and O–H groups in total. The number of hydrogen-bond donors (Lipinski definition) is 2. The first kappa shape index (κ1) is 19.7. The first-order valence-corrected chi connectivity index (χ1v) is 11.2. The molecule has 3 amide bonds. The van der Waals surface area contributed by atoms with Crippen LogP contribution in [-0.2, 0) is 14.4 Å². The fourth-order valence-electron chi connectivity index (χ4n) is 6.57. The summed E-state index contributed by atoms with van der Waals surface area (Å²) in [5.41, 5.74) is -0.256.